The van der Waals surface area contributed by atoms with Gasteiger partial charge in [-0.15, -0.1) is 0 Å². The summed E-state index contributed by atoms with van der Waals surface area (Å²) in [5, 5.41) is 10.6. The summed E-state index contributed by atoms with van der Waals surface area (Å²) in [6, 6.07) is 13.5. The molecule has 0 aromatic heterocycles. The number of carbonyl (C=O) groups excluding carboxylic acids is 1. The molecule has 0 aliphatic carbocycles. The van der Waals surface area contributed by atoms with E-state index in [0.717, 1.165) is 22.4 Å². The minimum atomic E-state index is -1.44. The molecule has 0 saturated carbocycles. The molecule has 2 aromatic rings. The largest absolute Gasteiger partial charge is 0.475 e. The SMILES string of the molecule is O=C(O)C(=O)C=Cc1ccc2ccccc2c1. The molecule has 1 N–H and O–H groups in total. The van der Waals surface area contributed by atoms with Crippen molar-refractivity contribution < 1.29 is 14.7 Å². The molecule has 84 valence electrons. The zero-order chi connectivity index (χ0) is 12.3. The maximum Gasteiger partial charge on any atom is 0.376 e. The van der Waals surface area contributed by atoms with Gasteiger partial charge in [-0.3, -0.25) is 4.79 Å². The molecule has 0 atom stereocenters. The summed E-state index contributed by atoms with van der Waals surface area (Å²) in [5.74, 6) is -2.36. The molecule has 0 heterocycles. The number of carbonyl (C=O) groups is 2. The van der Waals surface area contributed by atoms with Crippen LogP contribution in [0.25, 0.3) is 16.8 Å². The van der Waals surface area contributed by atoms with E-state index < -0.39 is 11.8 Å². The van der Waals surface area contributed by atoms with Gasteiger partial charge in [-0.1, -0.05) is 42.5 Å². The second-order valence-electron chi connectivity index (χ2n) is 3.61. The number of benzene rings is 2. The van der Waals surface area contributed by atoms with Gasteiger partial charge in [0.05, 0.1) is 0 Å². The highest BCUT2D eigenvalue weighted by molar-refractivity contribution is 6.38. The summed E-state index contributed by atoms with van der Waals surface area (Å²) in [4.78, 5) is 21.2. The highest BCUT2D eigenvalue weighted by Gasteiger charge is 2.05. The van der Waals surface area contributed by atoms with Crippen LogP contribution in [-0.4, -0.2) is 16.9 Å². The van der Waals surface area contributed by atoms with E-state index in [1.54, 1.807) is 0 Å². The van der Waals surface area contributed by atoms with Crippen LogP contribution in [0.15, 0.2) is 48.5 Å². The average Bonchev–Trinajstić information content (AvgIpc) is 2.35. The summed E-state index contributed by atoms with van der Waals surface area (Å²) in [5.41, 5.74) is 0.804. The lowest BCUT2D eigenvalue weighted by atomic mass is 10.1. The molecule has 17 heavy (non-hydrogen) atoms. The molecule has 3 nitrogen and oxygen atoms in total. The van der Waals surface area contributed by atoms with Crippen molar-refractivity contribution in [3.63, 3.8) is 0 Å². The minimum Gasteiger partial charge on any atom is -0.475 e. The van der Waals surface area contributed by atoms with Crippen LogP contribution in [0, 0.1) is 0 Å². The first kappa shape index (κ1) is 11.1. The Morgan fingerprint density at radius 3 is 2.41 bits per heavy atom. The predicted octanol–water partition coefficient (Wildman–Crippen LogP) is 2.51. The number of hydrogen-bond acceptors (Lipinski definition) is 2. The first-order valence-electron chi connectivity index (χ1n) is 5.11. The Morgan fingerprint density at radius 2 is 1.71 bits per heavy atom. The second kappa shape index (κ2) is 4.61. The van der Waals surface area contributed by atoms with Crippen molar-refractivity contribution in [2.24, 2.45) is 0 Å². The van der Waals surface area contributed by atoms with Gasteiger partial charge in [-0.05, 0) is 28.5 Å². The first-order chi connectivity index (χ1) is 8.16. The van der Waals surface area contributed by atoms with E-state index >= 15 is 0 Å². The van der Waals surface area contributed by atoms with E-state index in [9.17, 15) is 9.59 Å². The Bertz CT molecular complexity index is 612. The quantitative estimate of drug-likeness (QED) is 0.646. The lowest BCUT2D eigenvalue weighted by molar-refractivity contribution is -0.146. The molecule has 3 heteroatoms. The maximum atomic E-state index is 10.9. The molecule has 0 aliphatic rings. The van der Waals surface area contributed by atoms with Crippen LogP contribution in [0.3, 0.4) is 0 Å². The van der Waals surface area contributed by atoms with Crippen molar-refractivity contribution in [3.8, 4) is 0 Å². The number of ketones is 1. The van der Waals surface area contributed by atoms with Gasteiger partial charge in [0, 0.05) is 0 Å². The Kier molecular flexibility index (Phi) is 3.01. The summed E-state index contributed by atoms with van der Waals surface area (Å²) in [7, 11) is 0. The fourth-order valence-corrected chi connectivity index (χ4v) is 1.55. The number of aliphatic carboxylic acids is 1. The summed E-state index contributed by atoms with van der Waals surface area (Å²) < 4.78 is 0. The Labute approximate surface area is 98.0 Å². The van der Waals surface area contributed by atoms with Gasteiger partial charge in [-0.2, -0.15) is 0 Å². The van der Waals surface area contributed by atoms with Crippen molar-refractivity contribution in [1.82, 2.24) is 0 Å². The molecule has 2 aromatic carbocycles. The van der Waals surface area contributed by atoms with Gasteiger partial charge in [0.2, 0.25) is 0 Å². The number of carboxylic acids is 1. The average molecular weight is 226 g/mol. The molecule has 0 fully saturated rings. The van der Waals surface area contributed by atoms with E-state index in [2.05, 4.69) is 0 Å². The summed E-state index contributed by atoms with van der Waals surface area (Å²) in [6.07, 6.45) is 2.56. The standard InChI is InChI=1S/C14H10O3/c15-13(14(16)17)8-6-10-5-7-11-3-1-2-4-12(11)9-10/h1-9H,(H,16,17). The van der Waals surface area contributed by atoms with Crippen LogP contribution < -0.4 is 0 Å². The third kappa shape index (κ3) is 2.58. The third-order valence-electron chi connectivity index (χ3n) is 2.41. The van der Waals surface area contributed by atoms with Crippen LogP contribution in [0.5, 0.6) is 0 Å². The molecule has 0 radical (unpaired) electrons. The van der Waals surface area contributed by atoms with Gasteiger partial charge in [0.25, 0.3) is 5.78 Å². The predicted molar refractivity (Wildman–Crippen MR) is 65.6 cm³/mol. The van der Waals surface area contributed by atoms with Crippen molar-refractivity contribution in [1.29, 1.82) is 0 Å². The molecule has 0 aliphatic heterocycles. The molecule has 2 rings (SSSR count). The molecule has 0 unspecified atom stereocenters. The lowest BCUT2D eigenvalue weighted by Crippen LogP contribution is -2.08. The Morgan fingerprint density at radius 1 is 1.00 bits per heavy atom. The number of rotatable bonds is 3. The first-order valence-corrected chi connectivity index (χ1v) is 5.11. The summed E-state index contributed by atoms with van der Waals surface area (Å²) >= 11 is 0. The molecule has 0 saturated heterocycles. The van der Waals surface area contributed by atoms with Gasteiger partial charge in [0.15, 0.2) is 0 Å². The number of carboxylic acid groups (broad SMARTS) is 1. The molecular weight excluding hydrogens is 216 g/mol. The van der Waals surface area contributed by atoms with Crippen LogP contribution >= 0.6 is 0 Å². The van der Waals surface area contributed by atoms with Gasteiger partial charge in [0.1, 0.15) is 0 Å². The number of fused-ring (bicyclic) bond motifs is 1. The smallest absolute Gasteiger partial charge is 0.376 e. The van der Waals surface area contributed by atoms with E-state index in [4.69, 9.17) is 5.11 Å². The summed E-state index contributed by atoms with van der Waals surface area (Å²) in [6.45, 7) is 0. The molecule has 0 amide bonds. The highest BCUT2D eigenvalue weighted by Crippen LogP contribution is 2.16. The number of hydrogen-bond donors (Lipinski definition) is 1. The lowest BCUT2D eigenvalue weighted by Gasteiger charge is -1.98. The Balaban J connectivity index is 2.31. The topological polar surface area (TPSA) is 54.4 Å². The van der Waals surface area contributed by atoms with E-state index in [-0.39, 0.29) is 0 Å². The maximum absolute atomic E-state index is 10.9. The van der Waals surface area contributed by atoms with E-state index in [1.807, 2.05) is 42.5 Å². The van der Waals surface area contributed by atoms with Crippen LogP contribution in [-0.2, 0) is 9.59 Å². The van der Waals surface area contributed by atoms with Gasteiger partial charge < -0.3 is 5.11 Å². The van der Waals surface area contributed by atoms with Crippen molar-refractivity contribution in [3.05, 3.63) is 54.1 Å². The van der Waals surface area contributed by atoms with Crippen LogP contribution in [0.2, 0.25) is 0 Å². The normalized spacial score (nSPS) is 10.8. The van der Waals surface area contributed by atoms with Crippen LogP contribution in [0.4, 0.5) is 0 Å². The fourth-order valence-electron chi connectivity index (χ4n) is 1.55. The zero-order valence-corrected chi connectivity index (χ0v) is 8.96. The monoisotopic (exact) mass is 226 g/mol. The van der Waals surface area contributed by atoms with Crippen molar-refractivity contribution >= 4 is 28.6 Å². The van der Waals surface area contributed by atoms with E-state index in [0.29, 0.717) is 0 Å². The molecule has 0 spiro atoms. The minimum absolute atomic E-state index is 0.804. The third-order valence-corrected chi connectivity index (χ3v) is 2.41. The van der Waals surface area contributed by atoms with Crippen LogP contribution in [0.1, 0.15) is 5.56 Å². The van der Waals surface area contributed by atoms with E-state index in [1.165, 1.54) is 6.08 Å². The van der Waals surface area contributed by atoms with Crippen molar-refractivity contribution in [2.45, 2.75) is 0 Å². The van der Waals surface area contributed by atoms with Gasteiger partial charge >= 0.3 is 5.97 Å². The highest BCUT2D eigenvalue weighted by atomic mass is 16.4. The second-order valence-corrected chi connectivity index (χ2v) is 3.61. The van der Waals surface area contributed by atoms with Crippen molar-refractivity contribution in [2.75, 3.05) is 0 Å². The van der Waals surface area contributed by atoms with Gasteiger partial charge in [-0.25, -0.2) is 4.79 Å². The molecular formula is C14H10O3. The Hall–Kier alpha value is -2.42. The molecule has 0 bridgehead atoms. The zero-order valence-electron chi connectivity index (χ0n) is 8.96. The fraction of sp³-hybridized carbons (Fsp3) is 0.